The number of anilines is 1. The van der Waals surface area contributed by atoms with Crippen LogP contribution in [-0.4, -0.2) is 11.8 Å². The van der Waals surface area contributed by atoms with Crippen LogP contribution in [0.5, 0.6) is 0 Å². The molecule has 2 aromatic carbocycles. The molecule has 0 unspecified atom stereocenters. The first-order chi connectivity index (χ1) is 9.86. The van der Waals surface area contributed by atoms with Crippen LogP contribution >= 0.6 is 15.9 Å². The van der Waals surface area contributed by atoms with Gasteiger partial charge in [0.1, 0.15) is 5.82 Å². The Balaban J connectivity index is 2.27. The third kappa shape index (κ3) is 3.66. The number of nitrogens with one attached hydrogen (secondary N) is 1. The predicted octanol–water partition coefficient (Wildman–Crippen LogP) is 3.25. The van der Waals surface area contributed by atoms with E-state index < -0.39 is 11.7 Å². The molecule has 0 fully saturated rings. The summed E-state index contributed by atoms with van der Waals surface area (Å²) in [5.74, 6) is -1.97. The molecule has 4 nitrogen and oxygen atoms in total. The lowest BCUT2D eigenvalue weighted by atomic mass is 10.1. The lowest BCUT2D eigenvalue weighted by Gasteiger charge is -2.08. The highest BCUT2D eigenvalue weighted by Gasteiger charge is 2.12. The standard InChI is InChI=1S/C15H12BrFN2O2/c1-8-4-9(6-10(16)5-8)15(21)19-11-2-3-13(17)12(7-11)14(18)20/h2-7H,1H3,(H2,18,20)(H,19,21). The first kappa shape index (κ1) is 15.2. The molecule has 2 amide bonds. The molecule has 0 saturated heterocycles. The van der Waals surface area contributed by atoms with Crippen molar-refractivity contribution in [2.45, 2.75) is 6.92 Å². The summed E-state index contributed by atoms with van der Waals surface area (Å²) in [6, 6.07) is 8.92. The molecule has 0 saturated carbocycles. The van der Waals surface area contributed by atoms with Crippen LogP contribution in [0.4, 0.5) is 10.1 Å². The normalized spacial score (nSPS) is 10.2. The van der Waals surface area contributed by atoms with Crippen molar-refractivity contribution in [3.8, 4) is 0 Å². The molecule has 2 rings (SSSR count). The Bertz CT molecular complexity index is 711. The highest BCUT2D eigenvalue weighted by atomic mass is 79.9. The van der Waals surface area contributed by atoms with Gasteiger partial charge < -0.3 is 11.1 Å². The van der Waals surface area contributed by atoms with E-state index in [1.807, 2.05) is 13.0 Å². The van der Waals surface area contributed by atoms with Gasteiger partial charge in [0.25, 0.3) is 11.8 Å². The van der Waals surface area contributed by atoms with Gasteiger partial charge in [-0.1, -0.05) is 15.9 Å². The van der Waals surface area contributed by atoms with Gasteiger partial charge in [0.05, 0.1) is 5.56 Å². The summed E-state index contributed by atoms with van der Waals surface area (Å²) >= 11 is 3.32. The first-order valence-corrected chi connectivity index (χ1v) is 6.84. The fourth-order valence-corrected chi connectivity index (χ4v) is 2.47. The summed E-state index contributed by atoms with van der Waals surface area (Å²) in [4.78, 5) is 23.2. The van der Waals surface area contributed by atoms with Gasteiger partial charge in [-0.15, -0.1) is 0 Å². The summed E-state index contributed by atoms with van der Waals surface area (Å²) in [6.07, 6.45) is 0. The fourth-order valence-electron chi connectivity index (χ4n) is 1.86. The number of primary amides is 1. The second-order valence-electron chi connectivity index (χ2n) is 4.53. The van der Waals surface area contributed by atoms with E-state index in [-0.39, 0.29) is 11.5 Å². The molecular formula is C15H12BrFN2O2. The van der Waals surface area contributed by atoms with Gasteiger partial charge in [-0.3, -0.25) is 9.59 Å². The Morgan fingerprint density at radius 1 is 1.19 bits per heavy atom. The van der Waals surface area contributed by atoms with Crippen molar-refractivity contribution in [3.63, 3.8) is 0 Å². The average Bonchev–Trinajstić information content (AvgIpc) is 2.39. The van der Waals surface area contributed by atoms with Crippen molar-refractivity contribution >= 4 is 33.4 Å². The van der Waals surface area contributed by atoms with E-state index >= 15 is 0 Å². The number of hydrogen-bond acceptors (Lipinski definition) is 2. The lowest BCUT2D eigenvalue weighted by Crippen LogP contribution is -2.16. The number of carbonyl (C=O) groups excluding carboxylic acids is 2. The van der Waals surface area contributed by atoms with E-state index in [1.165, 1.54) is 12.1 Å². The summed E-state index contributed by atoms with van der Waals surface area (Å²) in [5.41, 5.74) is 6.47. The van der Waals surface area contributed by atoms with Crippen LogP contribution in [0.2, 0.25) is 0 Å². The maximum absolute atomic E-state index is 13.4. The van der Waals surface area contributed by atoms with E-state index in [1.54, 1.807) is 12.1 Å². The van der Waals surface area contributed by atoms with Crippen LogP contribution in [0.1, 0.15) is 26.3 Å². The highest BCUT2D eigenvalue weighted by molar-refractivity contribution is 9.10. The molecule has 0 radical (unpaired) electrons. The van der Waals surface area contributed by atoms with Crippen molar-refractivity contribution in [2.24, 2.45) is 5.73 Å². The Hall–Kier alpha value is -2.21. The van der Waals surface area contributed by atoms with Gasteiger partial charge in [-0.2, -0.15) is 0 Å². The maximum Gasteiger partial charge on any atom is 0.255 e. The minimum atomic E-state index is -0.887. The van der Waals surface area contributed by atoms with Crippen molar-refractivity contribution in [1.82, 2.24) is 0 Å². The highest BCUT2D eigenvalue weighted by Crippen LogP contribution is 2.18. The Morgan fingerprint density at radius 3 is 2.52 bits per heavy atom. The van der Waals surface area contributed by atoms with E-state index in [2.05, 4.69) is 21.2 Å². The number of amides is 2. The van der Waals surface area contributed by atoms with Gasteiger partial charge in [-0.25, -0.2) is 4.39 Å². The molecule has 0 aliphatic carbocycles. The van der Waals surface area contributed by atoms with Crippen LogP contribution in [0.15, 0.2) is 40.9 Å². The minimum Gasteiger partial charge on any atom is -0.366 e. The summed E-state index contributed by atoms with van der Waals surface area (Å²) < 4.78 is 14.1. The fraction of sp³-hybridized carbons (Fsp3) is 0.0667. The first-order valence-electron chi connectivity index (χ1n) is 6.04. The monoisotopic (exact) mass is 350 g/mol. The second-order valence-corrected chi connectivity index (χ2v) is 5.45. The Kier molecular flexibility index (Phi) is 4.37. The summed E-state index contributed by atoms with van der Waals surface area (Å²) in [5, 5.41) is 2.60. The summed E-state index contributed by atoms with van der Waals surface area (Å²) in [7, 11) is 0. The number of halogens is 2. The third-order valence-corrected chi connectivity index (χ3v) is 3.25. The van der Waals surface area contributed by atoms with Gasteiger partial charge in [0.15, 0.2) is 0 Å². The molecule has 0 atom stereocenters. The molecule has 21 heavy (non-hydrogen) atoms. The largest absolute Gasteiger partial charge is 0.366 e. The molecular weight excluding hydrogens is 339 g/mol. The zero-order valence-corrected chi connectivity index (χ0v) is 12.7. The number of carbonyl (C=O) groups is 2. The summed E-state index contributed by atoms with van der Waals surface area (Å²) in [6.45, 7) is 1.87. The molecule has 0 aromatic heterocycles. The number of aryl methyl sites for hydroxylation is 1. The number of rotatable bonds is 3. The number of nitrogens with two attached hydrogens (primary N) is 1. The molecule has 3 N–H and O–H groups in total. The average molecular weight is 351 g/mol. The molecule has 0 aliphatic rings. The van der Waals surface area contributed by atoms with Crippen molar-refractivity contribution in [2.75, 3.05) is 5.32 Å². The van der Waals surface area contributed by atoms with Gasteiger partial charge in [0, 0.05) is 15.7 Å². The molecule has 0 aliphatic heterocycles. The Morgan fingerprint density at radius 2 is 1.90 bits per heavy atom. The quantitative estimate of drug-likeness (QED) is 0.891. The molecule has 108 valence electrons. The predicted molar refractivity (Wildman–Crippen MR) is 81.8 cm³/mol. The molecule has 0 heterocycles. The van der Waals surface area contributed by atoms with E-state index in [0.717, 1.165) is 16.1 Å². The van der Waals surface area contributed by atoms with Crippen LogP contribution in [0.3, 0.4) is 0 Å². The Labute approximate surface area is 129 Å². The maximum atomic E-state index is 13.4. The van der Waals surface area contributed by atoms with Gasteiger partial charge in [-0.05, 0) is 48.9 Å². The van der Waals surface area contributed by atoms with E-state index in [9.17, 15) is 14.0 Å². The van der Waals surface area contributed by atoms with Crippen LogP contribution in [0, 0.1) is 12.7 Å². The molecule has 6 heteroatoms. The smallest absolute Gasteiger partial charge is 0.255 e. The van der Waals surface area contributed by atoms with Crippen molar-refractivity contribution in [3.05, 3.63) is 63.4 Å². The lowest BCUT2D eigenvalue weighted by molar-refractivity contribution is 0.0992. The van der Waals surface area contributed by atoms with Crippen LogP contribution in [0.25, 0.3) is 0 Å². The SMILES string of the molecule is Cc1cc(Br)cc(C(=O)Nc2ccc(F)c(C(N)=O)c2)c1. The zero-order valence-electron chi connectivity index (χ0n) is 11.1. The molecule has 0 bridgehead atoms. The molecule has 0 spiro atoms. The molecule has 2 aromatic rings. The number of benzene rings is 2. The third-order valence-electron chi connectivity index (χ3n) is 2.79. The number of hydrogen-bond donors (Lipinski definition) is 2. The van der Waals surface area contributed by atoms with Crippen LogP contribution in [-0.2, 0) is 0 Å². The topological polar surface area (TPSA) is 72.2 Å². The van der Waals surface area contributed by atoms with Crippen LogP contribution < -0.4 is 11.1 Å². The van der Waals surface area contributed by atoms with E-state index in [4.69, 9.17) is 5.73 Å². The second kappa shape index (κ2) is 6.05. The van der Waals surface area contributed by atoms with Crippen molar-refractivity contribution < 1.29 is 14.0 Å². The van der Waals surface area contributed by atoms with E-state index in [0.29, 0.717) is 11.3 Å². The van der Waals surface area contributed by atoms with Crippen molar-refractivity contribution in [1.29, 1.82) is 0 Å². The zero-order chi connectivity index (χ0) is 15.6. The van der Waals surface area contributed by atoms with Gasteiger partial charge >= 0.3 is 0 Å². The minimum absolute atomic E-state index is 0.266. The van der Waals surface area contributed by atoms with Gasteiger partial charge in [0.2, 0.25) is 0 Å².